The summed E-state index contributed by atoms with van der Waals surface area (Å²) < 4.78 is 36.2. The quantitative estimate of drug-likeness (QED) is 0.764. The highest BCUT2D eigenvalue weighted by Gasteiger charge is 2.16. The summed E-state index contributed by atoms with van der Waals surface area (Å²) in [4.78, 5) is 8.16. The Hall–Kier alpha value is -0.680. The third-order valence-corrected chi connectivity index (χ3v) is 3.51. The van der Waals surface area contributed by atoms with E-state index in [2.05, 4.69) is 3.97 Å². The van der Waals surface area contributed by atoms with Crippen LogP contribution in [0, 0.1) is 0 Å². The molecule has 1 rings (SSSR count). The molecule has 0 aliphatic heterocycles. The van der Waals surface area contributed by atoms with Crippen LogP contribution in [-0.2, 0) is 18.7 Å². The minimum Gasteiger partial charge on any atom is -0.326 e. The highest BCUT2D eigenvalue weighted by atomic mass is 32.2. The van der Waals surface area contributed by atoms with E-state index >= 15 is 0 Å². The molecule has 0 amide bonds. The zero-order valence-corrected chi connectivity index (χ0v) is 8.19. The number of hydrogen-bond donors (Lipinski definition) is 1. The van der Waals surface area contributed by atoms with Gasteiger partial charge >= 0.3 is 18.4 Å². The molecule has 0 saturated carbocycles. The molecule has 1 aromatic rings. The summed E-state index contributed by atoms with van der Waals surface area (Å²) in [6.07, 6.45) is 0. The van der Waals surface area contributed by atoms with Crippen LogP contribution in [0.15, 0.2) is 35.2 Å². The molecule has 1 N–H and O–H groups in total. The molecule has 72 valence electrons. The molecule has 7 heteroatoms. The normalized spacial score (nSPS) is 13.9. The van der Waals surface area contributed by atoms with Gasteiger partial charge in [0.05, 0.1) is 4.90 Å². The molecule has 5 nitrogen and oxygen atoms in total. The Kier molecular flexibility index (Phi) is 3.22. The van der Waals surface area contributed by atoms with Crippen LogP contribution in [0.5, 0.6) is 0 Å². The maximum Gasteiger partial charge on any atom is 0.331 e. The summed E-state index contributed by atoms with van der Waals surface area (Å²) >= 11 is 0. The van der Waals surface area contributed by atoms with E-state index in [0.717, 1.165) is 0 Å². The van der Waals surface area contributed by atoms with E-state index < -0.39 is 18.4 Å². The molecule has 0 aromatic heterocycles. The smallest absolute Gasteiger partial charge is 0.326 e. The van der Waals surface area contributed by atoms with Crippen molar-refractivity contribution in [3.05, 3.63) is 30.3 Å². The van der Waals surface area contributed by atoms with Gasteiger partial charge in [-0.1, -0.05) is 18.2 Å². The fraction of sp³-hybridized carbons (Fsp3) is 0. The average molecular weight is 222 g/mol. The molecule has 0 aliphatic carbocycles. The van der Waals surface area contributed by atoms with Gasteiger partial charge in [0.15, 0.2) is 0 Å². The molecule has 13 heavy (non-hydrogen) atoms. The molecule has 0 bridgehead atoms. The zero-order chi connectivity index (χ0) is 9.90. The van der Waals surface area contributed by atoms with Crippen molar-refractivity contribution in [1.29, 1.82) is 0 Å². The van der Waals surface area contributed by atoms with Gasteiger partial charge in [-0.2, -0.15) is 12.4 Å². The summed E-state index contributed by atoms with van der Waals surface area (Å²) in [6.45, 7) is 0. The molecule has 0 saturated heterocycles. The highest BCUT2D eigenvalue weighted by molar-refractivity contribution is 7.89. The summed E-state index contributed by atoms with van der Waals surface area (Å²) in [7, 11) is -7.55. The minimum absolute atomic E-state index is 0.137. The molecule has 0 heterocycles. The van der Waals surface area contributed by atoms with Crippen molar-refractivity contribution in [2.45, 2.75) is 4.90 Å². The van der Waals surface area contributed by atoms with Gasteiger partial charge in [-0.3, -0.25) is 4.57 Å². The van der Waals surface area contributed by atoms with Crippen LogP contribution in [-0.4, -0.2) is 13.3 Å². The van der Waals surface area contributed by atoms with E-state index in [4.69, 9.17) is 4.89 Å². The molecule has 1 atom stereocenters. The van der Waals surface area contributed by atoms with Crippen LogP contribution in [0.3, 0.4) is 0 Å². The van der Waals surface area contributed by atoms with Gasteiger partial charge in [0.2, 0.25) is 0 Å². The van der Waals surface area contributed by atoms with Crippen LogP contribution in [0.1, 0.15) is 0 Å². The van der Waals surface area contributed by atoms with Crippen molar-refractivity contribution in [2.24, 2.45) is 0 Å². The molecule has 0 fully saturated rings. The van der Waals surface area contributed by atoms with Crippen molar-refractivity contribution in [3.63, 3.8) is 0 Å². The molecule has 1 unspecified atom stereocenters. The molecule has 0 aliphatic rings. The van der Waals surface area contributed by atoms with E-state index in [1.807, 2.05) is 0 Å². The Morgan fingerprint density at radius 3 is 2.23 bits per heavy atom. The lowest BCUT2D eigenvalue weighted by molar-refractivity contribution is 0.404. The second-order valence-electron chi connectivity index (χ2n) is 2.12. The van der Waals surface area contributed by atoms with Crippen LogP contribution in [0.2, 0.25) is 0 Å². The lowest BCUT2D eigenvalue weighted by atomic mass is 10.4. The molecular formula is C6H7O5PS. The maximum atomic E-state index is 11.1. The first kappa shape index (κ1) is 10.4. The van der Waals surface area contributed by atoms with Crippen molar-refractivity contribution in [3.8, 4) is 0 Å². The predicted molar refractivity (Wildman–Crippen MR) is 45.9 cm³/mol. The van der Waals surface area contributed by atoms with Crippen molar-refractivity contribution in [1.82, 2.24) is 0 Å². The Morgan fingerprint density at radius 2 is 1.77 bits per heavy atom. The number of hydrogen-bond acceptors (Lipinski definition) is 4. The summed E-state index contributed by atoms with van der Waals surface area (Å²) in [6, 6.07) is 7.16. The molecule has 1 aromatic carbocycles. The van der Waals surface area contributed by atoms with E-state index in [-0.39, 0.29) is 4.90 Å². The van der Waals surface area contributed by atoms with Gasteiger partial charge in [0.1, 0.15) is 0 Å². The fourth-order valence-electron chi connectivity index (χ4n) is 0.729. The van der Waals surface area contributed by atoms with Gasteiger partial charge in [0.25, 0.3) is 0 Å². The van der Waals surface area contributed by atoms with E-state index in [1.165, 1.54) is 24.3 Å². The van der Waals surface area contributed by atoms with Gasteiger partial charge in [-0.05, 0) is 12.1 Å². The van der Waals surface area contributed by atoms with E-state index in [1.54, 1.807) is 6.07 Å². The average Bonchev–Trinajstić information content (AvgIpc) is 2.04. The summed E-state index contributed by atoms with van der Waals surface area (Å²) in [5, 5.41) is 0. The Balaban J connectivity index is 3.02. The minimum atomic E-state index is -4.08. The Bertz CT molecular complexity index is 398. The maximum absolute atomic E-state index is 11.1. The molecule has 0 radical (unpaired) electrons. The standard InChI is InChI=1S/C6H7O5PS/c7-12(8)11-13(9,10)6-4-2-1-3-5-6/h1-5,12H,(H,7,8). The van der Waals surface area contributed by atoms with Crippen molar-refractivity contribution >= 4 is 18.4 Å². The first-order valence-corrected chi connectivity index (χ1v) is 5.92. The van der Waals surface area contributed by atoms with Gasteiger partial charge in [-0.15, -0.1) is 0 Å². The zero-order valence-electron chi connectivity index (χ0n) is 6.38. The Labute approximate surface area is 76.1 Å². The SMILES string of the molecule is O=[PH](O)OS(=O)(=O)c1ccccc1. The predicted octanol–water partition coefficient (Wildman–Crippen LogP) is 0.774. The van der Waals surface area contributed by atoms with Gasteiger partial charge in [0, 0.05) is 0 Å². The van der Waals surface area contributed by atoms with Crippen LogP contribution in [0.25, 0.3) is 0 Å². The second-order valence-corrected chi connectivity index (χ2v) is 4.69. The first-order valence-electron chi connectivity index (χ1n) is 3.25. The first-order chi connectivity index (χ1) is 6.02. The summed E-state index contributed by atoms with van der Waals surface area (Å²) in [5.41, 5.74) is 0. The van der Waals surface area contributed by atoms with Crippen LogP contribution < -0.4 is 0 Å². The van der Waals surface area contributed by atoms with Gasteiger partial charge in [-0.25, -0.2) is 0 Å². The Morgan fingerprint density at radius 1 is 1.23 bits per heavy atom. The molecule has 0 spiro atoms. The molecular weight excluding hydrogens is 215 g/mol. The lowest BCUT2D eigenvalue weighted by Gasteiger charge is -2.00. The van der Waals surface area contributed by atoms with Crippen LogP contribution >= 0.6 is 8.25 Å². The monoisotopic (exact) mass is 222 g/mol. The number of rotatable bonds is 3. The fourth-order valence-corrected chi connectivity index (χ4v) is 2.36. The third-order valence-electron chi connectivity index (χ3n) is 1.21. The lowest BCUT2D eigenvalue weighted by Crippen LogP contribution is -2.00. The van der Waals surface area contributed by atoms with E-state index in [9.17, 15) is 13.0 Å². The number of benzene rings is 1. The highest BCUT2D eigenvalue weighted by Crippen LogP contribution is 2.24. The van der Waals surface area contributed by atoms with Crippen LogP contribution in [0.4, 0.5) is 0 Å². The second kappa shape index (κ2) is 4.02. The summed E-state index contributed by atoms with van der Waals surface area (Å²) in [5.74, 6) is 0. The largest absolute Gasteiger partial charge is 0.331 e. The topological polar surface area (TPSA) is 80.7 Å². The van der Waals surface area contributed by atoms with Crippen molar-refractivity contribution in [2.75, 3.05) is 0 Å². The van der Waals surface area contributed by atoms with Crippen molar-refractivity contribution < 1.29 is 21.8 Å². The van der Waals surface area contributed by atoms with Gasteiger partial charge < -0.3 is 4.89 Å². The third kappa shape index (κ3) is 2.93. The van der Waals surface area contributed by atoms with E-state index in [0.29, 0.717) is 0 Å².